The molecule has 2 aliphatic rings. The van der Waals surface area contributed by atoms with Crippen LogP contribution in [0.5, 0.6) is 0 Å². The molecule has 1 fully saturated rings. The van der Waals surface area contributed by atoms with Crippen LogP contribution in [0.2, 0.25) is 5.02 Å². The number of fused-ring (bicyclic) bond motifs is 3. The number of hydrogen-bond donors (Lipinski definition) is 1. The monoisotopic (exact) mass is 510 g/mol. The van der Waals surface area contributed by atoms with E-state index in [9.17, 15) is 9.59 Å². The second kappa shape index (κ2) is 9.45. The Morgan fingerprint density at radius 3 is 2.43 bits per heavy atom. The highest BCUT2D eigenvalue weighted by atomic mass is 35.5. The average Bonchev–Trinajstić information content (AvgIpc) is 3.62. The molecule has 1 aromatic heterocycles. The molecule has 1 saturated carbocycles. The average molecular weight is 511 g/mol. The van der Waals surface area contributed by atoms with Gasteiger partial charge in [-0.05, 0) is 73.9 Å². The van der Waals surface area contributed by atoms with Crippen LogP contribution in [0.25, 0.3) is 5.69 Å². The van der Waals surface area contributed by atoms with Crippen LogP contribution in [-0.2, 0) is 4.79 Å². The lowest BCUT2D eigenvalue weighted by Gasteiger charge is -2.39. The summed E-state index contributed by atoms with van der Waals surface area (Å²) in [7, 11) is 0. The molecule has 6 rings (SSSR count). The highest BCUT2D eigenvalue weighted by molar-refractivity contribution is 6.30. The molecule has 0 unspecified atom stereocenters. The lowest BCUT2D eigenvalue weighted by molar-refractivity contribution is -0.119. The zero-order valence-electron chi connectivity index (χ0n) is 20.5. The quantitative estimate of drug-likeness (QED) is 0.330. The van der Waals surface area contributed by atoms with Crippen molar-refractivity contribution in [3.05, 3.63) is 113 Å². The predicted octanol–water partition coefficient (Wildman–Crippen LogP) is 6.57. The second-order valence-electron chi connectivity index (χ2n) is 9.67. The Bertz CT molecular complexity index is 1470. The lowest BCUT2D eigenvalue weighted by Crippen LogP contribution is -2.48. The fourth-order valence-electron chi connectivity index (χ4n) is 5.06. The fourth-order valence-corrected chi connectivity index (χ4v) is 5.26. The summed E-state index contributed by atoms with van der Waals surface area (Å²) in [4.78, 5) is 31.0. The molecule has 7 heteroatoms. The largest absolute Gasteiger partial charge is 0.322 e. The Morgan fingerprint density at radius 2 is 1.70 bits per heavy atom. The summed E-state index contributed by atoms with van der Waals surface area (Å²) < 4.78 is 2.12. The first kappa shape index (κ1) is 23.4. The van der Waals surface area contributed by atoms with E-state index in [1.807, 2.05) is 103 Å². The third kappa shape index (κ3) is 4.49. The Labute approximate surface area is 221 Å². The van der Waals surface area contributed by atoms with Crippen LogP contribution in [0.4, 0.5) is 16.2 Å². The number of hydrogen-bond acceptors (Lipinski definition) is 2. The van der Waals surface area contributed by atoms with Crippen LogP contribution >= 0.6 is 11.6 Å². The van der Waals surface area contributed by atoms with Crippen molar-refractivity contribution in [1.29, 1.82) is 0 Å². The number of carbonyl (C=O) groups is 2. The molecule has 0 spiro atoms. The maximum atomic E-state index is 14.2. The van der Waals surface area contributed by atoms with Gasteiger partial charge in [-0.3, -0.25) is 9.69 Å². The van der Waals surface area contributed by atoms with Crippen molar-refractivity contribution in [2.24, 2.45) is 0 Å². The summed E-state index contributed by atoms with van der Waals surface area (Å²) in [6, 6.07) is 26.6. The van der Waals surface area contributed by atoms with Crippen LogP contribution in [-0.4, -0.2) is 34.0 Å². The molecule has 0 bridgehead atoms. The number of benzene rings is 3. The van der Waals surface area contributed by atoms with Crippen molar-refractivity contribution in [2.45, 2.75) is 31.8 Å². The molecule has 0 radical (unpaired) electrons. The number of nitrogens with zero attached hydrogens (tertiary/aromatic N) is 3. The van der Waals surface area contributed by atoms with E-state index in [2.05, 4.69) is 9.88 Å². The Hall–Kier alpha value is -4.03. The number of nitrogens with one attached hydrogen (secondary N) is 1. The maximum Gasteiger partial charge on any atom is 0.322 e. The minimum atomic E-state index is -0.377. The summed E-state index contributed by atoms with van der Waals surface area (Å²) in [6.45, 7) is 1.98. The number of amides is 3. The summed E-state index contributed by atoms with van der Waals surface area (Å²) in [6.07, 6.45) is 3.80. The number of aromatic nitrogens is 1. The topological polar surface area (TPSA) is 57.6 Å². The van der Waals surface area contributed by atoms with Gasteiger partial charge in [-0.25, -0.2) is 4.79 Å². The van der Waals surface area contributed by atoms with Crippen molar-refractivity contribution in [1.82, 2.24) is 9.47 Å². The summed E-state index contributed by atoms with van der Waals surface area (Å²) in [5, 5.41) is 3.58. The molecule has 1 N–H and O–H groups in total. The van der Waals surface area contributed by atoms with Gasteiger partial charge in [0.25, 0.3) is 0 Å². The Balaban J connectivity index is 1.36. The van der Waals surface area contributed by atoms with Crippen molar-refractivity contribution >= 4 is 34.9 Å². The van der Waals surface area contributed by atoms with Crippen LogP contribution in [0.3, 0.4) is 0 Å². The molecule has 3 amide bonds. The number of para-hydroxylation sites is 2. The number of aryl methyl sites for hydroxylation is 1. The number of anilines is 2. The molecular formula is C30H27ClN4O2. The number of urea groups is 1. The Morgan fingerprint density at radius 1 is 0.946 bits per heavy atom. The van der Waals surface area contributed by atoms with Gasteiger partial charge in [0.2, 0.25) is 5.91 Å². The molecule has 1 aliphatic heterocycles. The molecule has 0 saturated heterocycles. The zero-order chi connectivity index (χ0) is 25.5. The molecule has 6 nitrogen and oxygen atoms in total. The van der Waals surface area contributed by atoms with Gasteiger partial charge in [-0.15, -0.1) is 0 Å². The highest BCUT2D eigenvalue weighted by Gasteiger charge is 2.40. The molecule has 37 heavy (non-hydrogen) atoms. The first-order valence-corrected chi connectivity index (χ1v) is 12.9. The van der Waals surface area contributed by atoms with E-state index >= 15 is 0 Å². The van der Waals surface area contributed by atoms with Gasteiger partial charge in [-0.1, -0.05) is 53.6 Å². The molecule has 4 aromatic rings. The molecule has 1 atom stereocenters. The fraction of sp³-hybridized carbons (Fsp3) is 0.200. The van der Waals surface area contributed by atoms with Crippen molar-refractivity contribution in [2.75, 3.05) is 16.8 Å². The molecule has 186 valence electrons. The van der Waals surface area contributed by atoms with Gasteiger partial charge in [0.15, 0.2) is 0 Å². The van der Waals surface area contributed by atoms with Crippen molar-refractivity contribution < 1.29 is 9.59 Å². The van der Waals surface area contributed by atoms with Crippen LogP contribution in [0.1, 0.15) is 35.7 Å². The van der Waals surface area contributed by atoms with E-state index in [0.717, 1.165) is 41.0 Å². The molecule has 3 aromatic carbocycles. The van der Waals surface area contributed by atoms with Crippen molar-refractivity contribution in [3.8, 4) is 5.69 Å². The van der Waals surface area contributed by atoms with Gasteiger partial charge in [0, 0.05) is 22.9 Å². The first-order chi connectivity index (χ1) is 18.0. The van der Waals surface area contributed by atoms with Gasteiger partial charge in [-0.2, -0.15) is 0 Å². The summed E-state index contributed by atoms with van der Waals surface area (Å²) in [5.74, 6) is -0.143. The first-order valence-electron chi connectivity index (χ1n) is 12.5. The summed E-state index contributed by atoms with van der Waals surface area (Å²) in [5.41, 5.74) is 5.44. The SMILES string of the molecule is Cc1ccc(NC(=O)N(CC(=O)N2c3ccccc3-n3cccc3[C@@H]2c2cccc(Cl)c2)C2CC2)cc1. The van der Waals surface area contributed by atoms with Crippen LogP contribution < -0.4 is 10.2 Å². The number of halogens is 1. The predicted molar refractivity (Wildman–Crippen MR) is 146 cm³/mol. The minimum absolute atomic E-state index is 0.0194. The van der Waals surface area contributed by atoms with Gasteiger partial charge in [0.1, 0.15) is 12.6 Å². The van der Waals surface area contributed by atoms with Crippen LogP contribution in [0.15, 0.2) is 91.1 Å². The van der Waals surface area contributed by atoms with E-state index in [1.165, 1.54) is 0 Å². The number of rotatable bonds is 5. The van der Waals surface area contributed by atoms with E-state index in [-0.39, 0.29) is 30.6 Å². The standard InChI is InChI=1S/C30H27ClN4O2/c1-20-11-13-23(14-12-20)32-30(37)34(24-15-16-24)19-28(36)35-26-9-3-2-8-25(26)33-17-5-10-27(33)29(35)21-6-4-7-22(31)18-21/h2-14,17-18,24,29H,15-16,19H2,1H3,(H,32,37)/t29-/m0/s1. The van der Waals surface area contributed by atoms with Gasteiger partial charge < -0.3 is 14.8 Å². The number of carbonyl (C=O) groups excluding carboxylic acids is 2. The Kier molecular flexibility index (Phi) is 5.97. The van der Waals surface area contributed by atoms with Crippen LogP contribution in [0, 0.1) is 6.92 Å². The molecular weight excluding hydrogens is 484 g/mol. The third-order valence-corrected chi connectivity index (χ3v) is 7.24. The summed E-state index contributed by atoms with van der Waals surface area (Å²) >= 11 is 6.38. The highest BCUT2D eigenvalue weighted by Crippen LogP contribution is 2.43. The minimum Gasteiger partial charge on any atom is -0.316 e. The maximum absolute atomic E-state index is 14.2. The smallest absolute Gasteiger partial charge is 0.316 e. The lowest BCUT2D eigenvalue weighted by atomic mass is 9.97. The normalized spacial score (nSPS) is 16.1. The van der Waals surface area contributed by atoms with E-state index in [0.29, 0.717) is 10.7 Å². The van der Waals surface area contributed by atoms with E-state index in [4.69, 9.17) is 11.6 Å². The second-order valence-corrected chi connectivity index (χ2v) is 10.1. The van der Waals surface area contributed by atoms with Gasteiger partial charge >= 0.3 is 6.03 Å². The van der Waals surface area contributed by atoms with E-state index in [1.54, 1.807) is 4.90 Å². The molecule has 2 heterocycles. The molecule has 1 aliphatic carbocycles. The van der Waals surface area contributed by atoms with Gasteiger partial charge in [0.05, 0.1) is 17.1 Å². The van der Waals surface area contributed by atoms with Crippen molar-refractivity contribution in [3.63, 3.8) is 0 Å². The van der Waals surface area contributed by atoms with E-state index < -0.39 is 0 Å². The zero-order valence-corrected chi connectivity index (χ0v) is 21.2. The third-order valence-electron chi connectivity index (χ3n) is 7.01.